The molecular formula is C26H33N5O3. The number of hydrogen-bond donors (Lipinski definition) is 2. The third-order valence-electron chi connectivity index (χ3n) is 6.36. The van der Waals surface area contributed by atoms with Crippen LogP contribution in [0.15, 0.2) is 30.3 Å². The van der Waals surface area contributed by atoms with E-state index in [0.29, 0.717) is 17.6 Å². The van der Waals surface area contributed by atoms with Crippen LogP contribution >= 0.6 is 0 Å². The van der Waals surface area contributed by atoms with Crippen molar-refractivity contribution in [2.24, 2.45) is 5.41 Å². The maximum Gasteiger partial charge on any atom is 0.307 e. The van der Waals surface area contributed by atoms with E-state index in [4.69, 9.17) is 9.84 Å². The van der Waals surface area contributed by atoms with Gasteiger partial charge >= 0.3 is 5.97 Å². The molecule has 0 spiro atoms. The molecule has 2 aromatic heterocycles. The summed E-state index contributed by atoms with van der Waals surface area (Å²) in [5, 5.41) is 15.3. The molecule has 4 rings (SSSR count). The summed E-state index contributed by atoms with van der Waals surface area (Å²) in [7, 11) is 0. The number of hydrogen-bond acceptors (Lipinski definition) is 5. The van der Waals surface area contributed by atoms with Gasteiger partial charge in [0.25, 0.3) is 5.91 Å². The van der Waals surface area contributed by atoms with Crippen LogP contribution in [0.5, 0.6) is 0 Å². The van der Waals surface area contributed by atoms with Gasteiger partial charge in [0.15, 0.2) is 0 Å². The van der Waals surface area contributed by atoms with Crippen LogP contribution in [-0.2, 0) is 28.9 Å². The number of nitrogens with zero attached hydrogens (tertiary/aromatic N) is 3. The SMILES string of the molecule is CCOC(=O)CCNC(=O)c1ccc(-c2cc(-c3nn(CC)c4c3CCC(C)(C)C4)[nH]n2)cc1. The Morgan fingerprint density at radius 1 is 1.21 bits per heavy atom. The Morgan fingerprint density at radius 2 is 1.97 bits per heavy atom. The minimum atomic E-state index is -0.318. The lowest BCUT2D eigenvalue weighted by atomic mass is 9.76. The van der Waals surface area contributed by atoms with Crippen LogP contribution in [0.4, 0.5) is 0 Å². The van der Waals surface area contributed by atoms with Gasteiger partial charge in [0.1, 0.15) is 5.69 Å². The fourth-order valence-corrected chi connectivity index (χ4v) is 4.47. The van der Waals surface area contributed by atoms with E-state index < -0.39 is 0 Å². The van der Waals surface area contributed by atoms with E-state index in [0.717, 1.165) is 48.5 Å². The van der Waals surface area contributed by atoms with Crippen molar-refractivity contribution in [3.8, 4) is 22.6 Å². The second-order valence-electron chi connectivity index (χ2n) is 9.49. The Balaban J connectivity index is 1.47. The number of H-pyrrole nitrogens is 1. The first-order chi connectivity index (χ1) is 16.3. The van der Waals surface area contributed by atoms with Gasteiger partial charge in [-0.05, 0) is 56.7 Å². The molecule has 3 aromatic rings. The third-order valence-corrected chi connectivity index (χ3v) is 6.36. The summed E-state index contributed by atoms with van der Waals surface area (Å²) in [5.41, 5.74) is 7.11. The number of aryl methyl sites for hydroxylation is 1. The van der Waals surface area contributed by atoms with Gasteiger partial charge in [-0.2, -0.15) is 10.2 Å². The molecule has 0 unspecified atom stereocenters. The summed E-state index contributed by atoms with van der Waals surface area (Å²) in [6.45, 7) is 9.96. The zero-order valence-electron chi connectivity index (χ0n) is 20.4. The van der Waals surface area contributed by atoms with E-state index in [9.17, 15) is 9.59 Å². The number of amides is 1. The van der Waals surface area contributed by atoms with Gasteiger partial charge in [0.2, 0.25) is 0 Å². The highest BCUT2D eigenvalue weighted by Crippen LogP contribution is 2.39. The summed E-state index contributed by atoms with van der Waals surface area (Å²) >= 11 is 0. The lowest BCUT2D eigenvalue weighted by molar-refractivity contribution is -0.142. The summed E-state index contributed by atoms with van der Waals surface area (Å²) in [4.78, 5) is 23.7. The summed E-state index contributed by atoms with van der Waals surface area (Å²) in [5.74, 6) is -0.542. The van der Waals surface area contributed by atoms with Crippen LogP contribution in [0.1, 0.15) is 62.2 Å². The van der Waals surface area contributed by atoms with Gasteiger partial charge < -0.3 is 10.1 Å². The number of benzene rings is 1. The number of ether oxygens (including phenoxy) is 1. The maximum atomic E-state index is 12.3. The molecule has 0 saturated heterocycles. The topological polar surface area (TPSA) is 102 Å². The van der Waals surface area contributed by atoms with E-state index in [2.05, 4.69) is 41.0 Å². The highest BCUT2D eigenvalue weighted by Gasteiger charge is 2.31. The number of aromatic nitrogens is 4. The second kappa shape index (κ2) is 9.83. The Kier molecular flexibility index (Phi) is 6.86. The molecule has 2 heterocycles. The van der Waals surface area contributed by atoms with E-state index in [-0.39, 0.29) is 24.8 Å². The standard InChI is InChI=1S/C26H33N5O3/c1-5-31-22-16-26(3,4)13-11-19(22)24(30-31)21-15-20(28-29-21)17-7-9-18(10-8-17)25(33)27-14-12-23(32)34-6-2/h7-10,15H,5-6,11-14,16H2,1-4H3,(H,27,33)(H,28,29). The van der Waals surface area contributed by atoms with E-state index in [1.165, 1.54) is 11.3 Å². The Hall–Kier alpha value is -3.42. The first-order valence-corrected chi connectivity index (χ1v) is 12.0. The van der Waals surface area contributed by atoms with Crippen LogP contribution in [0.2, 0.25) is 0 Å². The van der Waals surface area contributed by atoms with Crippen LogP contribution < -0.4 is 5.32 Å². The Morgan fingerprint density at radius 3 is 2.68 bits per heavy atom. The first kappa shape index (κ1) is 23.7. The molecule has 1 aliphatic carbocycles. The second-order valence-corrected chi connectivity index (χ2v) is 9.49. The molecule has 8 nitrogen and oxygen atoms in total. The average molecular weight is 464 g/mol. The van der Waals surface area contributed by atoms with Crippen molar-refractivity contribution in [3.05, 3.63) is 47.2 Å². The minimum Gasteiger partial charge on any atom is -0.466 e. The summed E-state index contributed by atoms with van der Waals surface area (Å²) < 4.78 is 7.00. The summed E-state index contributed by atoms with van der Waals surface area (Å²) in [6.07, 6.45) is 3.36. The molecule has 8 heteroatoms. The largest absolute Gasteiger partial charge is 0.466 e. The van der Waals surface area contributed by atoms with Crippen molar-refractivity contribution in [1.82, 2.24) is 25.3 Å². The molecule has 34 heavy (non-hydrogen) atoms. The fraction of sp³-hybridized carbons (Fsp3) is 0.462. The van der Waals surface area contributed by atoms with E-state index in [1.807, 2.05) is 18.2 Å². The van der Waals surface area contributed by atoms with Crippen molar-refractivity contribution >= 4 is 11.9 Å². The number of fused-ring (bicyclic) bond motifs is 1. The summed E-state index contributed by atoms with van der Waals surface area (Å²) in [6, 6.07) is 9.31. The number of carbonyl (C=O) groups is 2. The molecular weight excluding hydrogens is 430 g/mol. The minimum absolute atomic E-state index is 0.155. The van der Waals surface area contributed by atoms with E-state index >= 15 is 0 Å². The first-order valence-electron chi connectivity index (χ1n) is 12.0. The molecule has 180 valence electrons. The van der Waals surface area contributed by atoms with Gasteiger partial charge in [-0.1, -0.05) is 26.0 Å². The van der Waals surface area contributed by atoms with Crippen molar-refractivity contribution in [2.45, 2.75) is 59.9 Å². The van der Waals surface area contributed by atoms with E-state index in [1.54, 1.807) is 19.1 Å². The fourth-order valence-electron chi connectivity index (χ4n) is 4.47. The van der Waals surface area contributed by atoms with Gasteiger partial charge in [0, 0.05) is 35.5 Å². The highest BCUT2D eigenvalue weighted by molar-refractivity contribution is 5.94. The molecule has 1 amide bonds. The van der Waals surface area contributed by atoms with Crippen LogP contribution in [0.25, 0.3) is 22.6 Å². The molecule has 0 radical (unpaired) electrons. The lowest BCUT2D eigenvalue weighted by Crippen LogP contribution is -2.26. The quantitative estimate of drug-likeness (QED) is 0.489. The predicted molar refractivity (Wildman–Crippen MR) is 130 cm³/mol. The monoisotopic (exact) mass is 463 g/mol. The molecule has 2 N–H and O–H groups in total. The van der Waals surface area contributed by atoms with Crippen LogP contribution in [0, 0.1) is 5.41 Å². The van der Waals surface area contributed by atoms with Crippen LogP contribution in [-0.4, -0.2) is 45.0 Å². The Bertz CT molecular complexity index is 1170. The number of nitrogens with one attached hydrogen (secondary N) is 2. The average Bonchev–Trinajstić information content (AvgIpc) is 3.43. The van der Waals surface area contributed by atoms with Gasteiger partial charge in [-0.15, -0.1) is 0 Å². The molecule has 1 aliphatic rings. The van der Waals surface area contributed by atoms with Crippen molar-refractivity contribution in [2.75, 3.05) is 13.2 Å². The molecule has 0 saturated carbocycles. The van der Waals surface area contributed by atoms with Crippen LogP contribution in [0.3, 0.4) is 0 Å². The van der Waals surface area contributed by atoms with Gasteiger partial charge in [-0.25, -0.2) is 0 Å². The molecule has 0 aliphatic heterocycles. The molecule has 1 aromatic carbocycles. The smallest absolute Gasteiger partial charge is 0.307 e. The molecule has 0 bridgehead atoms. The molecule has 0 atom stereocenters. The normalized spacial score (nSPS) is 14.5. The molecule has 0 fully saturated rings. The lowest BCUT2D eigenvalue weighted by Gasteiger charge is -2.30. The van der Waals surface area contributed by atoms with Gasteiger partial charge in [-0.3, -0.25) is 19.4 Å². The number of rotatable bonds is 8. The van der Waals surface area contributed by atoms with Crippen molar-refractivity contribution < 1.29 is 14.3 Å². The zero-order chi connectivity index (χ0) is 24.3. The number of carbonyl (C=O) groups excluding carboxylic acids is 2. The number of esters is 1. The predicted octanol–water partition coefficient (Wildman–Crippen LogP) is 4.16. The van der Waals surface area contributed by atoms with Crippen molar-refractivity contribution in [3.63, 3.8) is 0 Å². The van der Waals surface area contributed by atoms with Crippen molar-refractivity contribution in [1.29, 1.82) is 0 Å². The van der Waals surface area contributed by atoms with Gasteiger partial charge in [0.05, 0.1) is 24.4 Å². The third kappa shape index (κ3) is 5.05. The zero-order valence-corrected chi connectivity index (χ0v) is 20.4. The number of aromatic amines is 1. The Labute approximate surface area is 200 Å². The highest BCUT2D eigenvalue weighted by atomic mass is 16.5. The maximum absolute atomic E-state index is 12.3.